The molecule has 0 atom stereocenters. The summed E-state index contributed by atoms with van der Waals surface area (Å²) >= 11 is 0. The summed E-state index contributed by atoms with van der Waals surface area (Å²) in [6.07, 6.45) is 0. The predicted molar refractivity (Wildman–Crippen MR) is 105 cm³/mol. The van der Waals surface area contributed by atoms with E-state index in [1.807, 2.05) is 38.1 Å². The summed E-state index contributed by atoms with van der Waals surface area (Å²) in [6, 6.07) is 14.8. The molecule has 0 fully saturated rings. The Morgan fingerprint density at radius 1 is 1.11 bits per heavy atom. The molecule has 6 nitrogen and oxygen atoms in total. The first kappa shape index (κ1) is 18.6. The van der Waals surface area contributed by atoms with Gasteiger partial charge in [0.05, 0.1) is 11.9 Å². The number of carbonyl (C=O) groups excluding carboxylic acids is 1. The van der Waals surface area contributed by atoms with Gasteiger partial charge >= 0.3 is 0 Å². The Balaban J connectivity index is 1.77. The van der Waals surface area contributed by atoms with Crippen LogP contribution >= 0.6 is 0 Å². The summed E-state index contributed by atoms with van der Waals surface area (Å²) in [4.78, 5) is 26.9. The van der Waals surface area contributed by atoms with Gasteiger partial charge in [0.1, 0.15) is 12.4 Å². The van der Waals surface area contributed by atoms with Crippen LogP contribution in [0.5, 0.6) is 5.75 Å². The molecule has 0 radical (unpaired) electrons. The summed E-state index contributed by atoms with van der Waals surface area (Å²) < 4.78 is 7.03. The van der Waals surface area contributed by atoms with Crippen LogP contribution in [0.15, 0.2) is 53.3 Å². The second-order valence-corrected chi connectivity index (χ2v) is 6.40. The molecule has 1 heterocycles. The molecule has 0 aliphatic heterocycles. The molecule has 0 bridgehead atoms. The summed E-state index contributed by atoms with van der Waals surface area (Å²) in [5.41, 5.74) is 1.26. The summed E-state index contributed by atoms with van der Waals surface area (Å²) in [5.74, 6) is 0.533. The van der Waals surface area contributed by atoms with Crippen LogP contribution in [-0.4, -0.2) is 40.8 Å². The van der Waals surface area contributed by atoms with E-state index in [9.17, 15) is 9.59 Å². The maximum Gasteiger partial charge on any atom is 0.274 e. The highest BCUT2D eigenvalue weighted by atomic mass is 16.5. The van der Waals surface area contributed by atoms with Crippen molar-refractivity contribution in [2.75, 3.05) is 20.2 Å². The Kier molecular flexibility index (Phi) is 5.54. The van der Waals surface area contributed by atoms with Crippen LogP contribution in [0.4, 0.5) is 0 Å². The molecule has 0 saturated carbocycles. The molecule has 0 saturated heterocycles. The normalized spacial score (nSPS) is 10.8. The third-order valence-corrected chi connectivity index (χ3v) is 4.43. The Morgan fingerprint density at radius 3 is 2.44 bits per heavy atom. The molecule has 3 aromatic rings. The van der Waals surface area contributed by atoms with Crippen molar-refractivity contribution in [1.82, 2.24) is 14.7 Å². The molecule has 0 aliphatic carbocycles. The highest BCUT2D eigenvalue weighted by Crippen LogP contribution is 2.15. The lowest BCUT2D eigenvalue weighted by Gasteiger charge is -2.18. The fraction of sp³-hybridized carbons (Fsp3) is 0.286. The predicted octanol–water partition coefficient (Wildman–Crippen LogP) is 2.88. The van der Waals surface area contributed by atoms with E-state index in [4.69, 9.17) is 4.74 Å². The second-order valence-electron chi connectivity index (χ2n) is 6.40. The number of rotatable bonds is 6. The van der Waals surface area contributed by atoms with Crippen molar-refractivity contribution in [2.45, 2.75) is 20.4 Å². The van der Waals surface area contributed by atoms with Crippen LogP contribution in [0, 0.1) is 6.92 Å². The van der Waals surface area contributed by atoms with Crippen molar-refractivity contribution >= 4 is 16.7 Å². The molecule has 6 heteroatoms. The molecular weight excluding hydrogens is 342 g/mol. The number of nitrogens with zero attached hydrogens (tertiary/aromatic N) is 3. The monoisotopic (exact) mass is 365 g/mol. The van der Waals surface area contributed by atoms with Crippen LogP contribution in [-0.2, 0) is 6.54 Å². The number of amides is 1. The molecule has 1 amide bonds. The van der Waals surface area contributed by atoms with Crippen molar-refractivity contribution in [3.05, 3.63) is 70.1 Å². The van der Waals surface area contributed by atoms with Gasteiger partial charge in [0.15, 0.2) is 5.69 Å². The number of hydrogen-bond donors (Lipinski definition) is 0. The number of ether oxygens (including phenoxy) is 1. The van der Waals surface area contributed by atoms with Crippen molar-refractivity contribution in [2.24, 2.45) is 0 Å². The zero-order valence-electron chi connectivity index (χ0n) is 15.8. The molecule has 2 aromatic carbocycles. The van der Waals surface area contributed by atoms with E-state index < -0.39 is 0 Å². The number of benzene rings is 2. The first-order chi connectivity index (χ1) is 13.0. The van der Waals surface area contributed by atoms with Crippen LogP contribution < -0.4 is 10.3 Å². The first-order valence-corrected chi connectivity index (χ1v) is 8.96. The molecule has 0 unspecified atom stereocenters. The Morgan fingerprint density at radius 2 is 1.78 bits per heavy atom. The molecule has 0 aliphatic rings. The van der Waals surface area contributed by atoms with Crippen molar-refractivity contribution in [1.29, 1.82) is 0 Å². The van der Waals surface area contributed by atoms with E-state index in [1.165, 1.54) is 10.2 Å². The number of aromatic nitrogens is 2. The van der Waals surface area contributed by atoms with Gasteiger partial charge in [-0.05, 0) is 32.0 Å². The molecule has 1 aromatic heterocycles. The van der Waals surface area contributed by atoms with Gasteiger partial charge in [-0.2, -0.15) is 5.10 Å². The average Bonchev–Trinajstić information content (AvgIpc) is 2.69. The molecule has 140 valence electrons. The highest BCUT2D eigenvalue weighted by molar-refractivity contribution is 6.04. The lowest BCUT2D eigenvalue weighted by Crippen LogP contribution is -2.34. The maximum absolute atomic E-state index is 12.9. The van der Waals surface area contributed by atoms with Gasteiger partial charge < -0.3 is 9.64 Å². The van der Waals surface area contributed by atoms with Crippen LogP contribution in [0.25, 0.3) is 10.8 Å². The summed E-state index contributed by atoms with van der Waals surface area (Å²) in [6.45, 7) is 5.04. The molecule has 0 N–H and O–H groups in total. The number of likely N-dealkylation sites (N-methyl/N-ethyl adjacent to an activating group) is 1. The lowest BCUT2D eigenvalue weighted by atomic mass is 10.1. The van der Waals surface area contributed by atoms with Crippen molar-refractivity contribution < 1.29 is 9.53 Å². The van der Waals surface area contributed by atoms with E-state index in [0.29, 0.717) is 30.5 Å². The van der Waals surface area contributed by atoms with E-state index in [2.05, 4.69) is 5.10 Å². The minimum atomic E-state index is -0.235. The Labute approximate surface area is 158 Å². The standard InChI is InChI=1S/C21H23N3O3/c1-4-24-20(25)18-8-6-5-7-17(18)19(22-24)21(26)23(3)13-14-27-16-11-9-15(2)10-12-16/h5-12H,4,13-14H2,1-3H3. The van der Waals surface area contributed by atoms with E-state index in [1.54, 1.807) is 36.2 Å². The Bertz CT molecular complexity index is 1010. The van der Waals surface area contributed by atoms with E-state index >= 15 is 0 Å². The van der Waals surface area contributed by atoms with Gasteiger partial charge in [-0.15, -0.1) is 0 Å². The van der Waals surface area contributed by atoms with Gasteiger partial charge in [-0.25, -0.2) is 4.68 Å². The third-order valence-electron chi connectivity index (χ3n) is 4.43. The van der Waals surface area contributed by atoms with Gasteiger partial charge in [0, 0.05) is 19.0 Å². The van der Waals surface area contributed by atoms with Crippen LogP contribution in [0.3, 0.4) is 0 Å². The quantitative estimate of drug-likeness (QED) is 0.674. The third kappa shape index (κ3) is 4.00. The summed E-state index contributed by atoms with van der Waals surface area (Å²) in [5, 5.41) is 5.36. The van der Waals surface area contributed by atoms with Gasteiger partial charge in [0.25, 0.3) is 11.5 Å². The number of fused-ring (bicyclic) bond motifs is 1. The molecular formula is C21H23N3O3. The van der Waals surface area contributed by atoms with E-state index in [0.717, 1.165) is 5.75 Å². The van der Waals surface area contributed by atoms with Crippen molar-refractivity contribution in [3.8, 4) is 5.75 Å². The van der Waals surface area contributed by atoms with E-state index in [-0.39, 0.29) is 17.2 Å². The van der Waals surface area contributed by atoms with Gasteiger partial charge in [-0.1, -0.05) is 35.9 Å². The minimum Gasteiger partial charge on any atom is -0.492 e. The fourth-order valence-electron chi connectivity index (χ4n) is 2.82. The number of aryl methyl sites for hydroxylation is 2. The average molecular weight is 365 g/mol. The highest BCUT2D eigenvalue weighted by Gasteiger charge is 2.19. The Hall–Kier alpha value is -3.15. The molecule has 27 heavy (non-hydrogen) atoms. The van der Waals surface area contributed by atoms with Crippen LogP contribution in [0.1, 0.15) is 23.0 Å². The first-order valence-electron chi connectivity index (χ1n) is 8.96. The minimum absolute atomic E-state index is 0.185. The smallest absolute Gasteiger partial charge is 0.274 e. The van der Waals surface area contributed by atoms with Gasteiger partial charge in [0.2, 0.25) is 0 Å². The zero-order valence-corrected chi connectivity index (χ0v) is 15.8. The number of hydrogen-bond acceptors (Lipinski definition) is 4. The molecule has 0 spiro atoms. The van der Waals surface area contributed by atoms with Gasteiger partial charge in [-0.3, -0.25) is 9.59 Å². The fourth-order valence-corrected chi connectivity index (χ4v) is 2.82. The van der Waals surface area contributed by atoms with Crippen molar-refractivity contribution in [3.63, 3.8) is 0 Å². The SMILES string of the molecule is CCn1nc(C(=O)N(C)CCOc2ccc(C)cc2)c2ccccc2c1=O. The second kappa shape index (κ2) is 8.03. The summed E-state index contributed by atoms with van der Waals surface area (Å²) in [7, 11) is 1.71. The largest absolute Gasteiger partial charge is 0.492 e. The van der Waals surface area contributed by atoms with Crippen LogP contribution in [0.2, 0.25) is 0 Å². The topological polar surface area (TPSA) is 64.4 Å². The lowest BCUT2D eigenvalue weighted by molar-refractivity contribution is 0.0767. The zero-order chi connectivity index (χ0) is 19.4. The number of carbonyl (C=O) groups is 1. The maximum atomic E-state index is 12.9. The molecule has 3 rings (SSSR count).